The lowest BCUT2D eigenvalue weighted by molar-refractivity contribution is 0.0809. The summed E-state index contributed by atoms with van der Waals surface area (Å²) in [5.41, 5.74) is 5.67. The third-order valence-electron chi connectivity index (χ3n) is 2.81. The molecule has 0 bridgehead atoms. The molecule has 0 unspecified atom stereocenters. The number of oxime groups is 1. The zero-order valence-corrected chi connectivity index (χ0v) is 12.4. The van der Waals surface area contributed by atoms with E-state index in [2.05, 4.69) is 5.16 Å². The molecule has 0 spiro atoms. The summed E-state index contributed by atoms with van der Waals surface area (Å²) >= 11 is 0. The summed E-state index contributed by atoms with van der Waals surface area (Å²) in [4.78, 5) is 13.7. The minimum atomic E-state index is -0.362. The van der Waals surface area contributed by atoms with Crippen LogP contribution in [0.5, 0.6) is 17.2 Å². The second kappa shape index (κ2) is 7.22. The molecule has 3 N–H and O–H groups in total. The average molecular weight is 297 g/mol. The van der Waals surface area contributed by atoms with Crippen LogP contribution in [0.3, 0.4) is 0 Å². The number of nitrogens with zero attached hydrogens (tertiary/aromatic N) is 2. The molecule has 1 rings (SSSR count). The van der Waals surface area contributed by atoms with Gasteiger partial charge in [0.2, 0.25) is 5.75 Å². The summed E-state index contributed by atoms with van der Waals surface area (Å²) in [5, 5.41) is 11.4. The minimum Gasteiger partial charge on any atom is -0.493 e. The van der Waals surface area contributed by atoms with Crippen molar-refractivity contribution >= 4 is 11.7 Å². The number of carbonyl (C=O) groups excluding carboxylic acids is 1. The Morgan fingerprint density at radius 2 is 1.86 bits per heavy atom. The fourth-order valence-corrected chi connectivity index (χ4v) is 1.82. The Kier molecular flexibility index (Phi) is 5.65. The largest absolute Gasteiger partial charge is 0.493 e. The van der Waals surface area contributed by atoms with E-state index in [1.165, 1.54) is 33.3 Å². The maximum Gasteiger partial charge on any atom is 0.257 e. The highest BCUT2D eigenvalue weighted by Crippen LogP contribution is 2.40. The number of hydrogen-bond donors (Lipinski definition) is 2. The first-order chi connectivity index (χ1) is 9.99. The van der Waals surface area contributed by atoms with Crippen LogP contribution < -0.4 is 19.9 Å². The van der Waals surface area contributed by atoms with E-state index in [1.807, 2.05) is 0 Å². The van der Waals surface area contributed by atoms with E-state index >= 15 is 0 Å². The molecule has 1 aromatic rings. The Morgan fingerprint density at radius 1 is 1.24 bits per heavy atom. The number of ether oxygens (including phenoxy) is 3. The van der Waals surface area contributed by atoms with Crippen LogP contribution in [0.2, 0.25) is 0 Å². The summed E-state index contributed by atoms with van der Waals surface area (Å²) in [6, 6.07) is 3.16. The van der Waals surface area contributed by atoms with Crippen molar-refractivity contribution in [1.82, 2.24) is 4.90 Å². The first kappa shape index (κ1) is 16.4. The van der Waals surface area contributed by atoms with Gasteiger partial charge in [-0.3, -0.25) is 4.79 Å². The highest BCUT2D eigenvalue weighted by Gasteiger charge is 2.23. The average Bonchev–Trinajstić information content (AvgIpc) is 2.51. The van der Waals surface area contributed by atoms with Crippen molar-refractivity contribution in [3.05, 3.63) is 17.7 Å². The van der Waals surface area contributed by atoms with Crippen molar-refractivity contribution in [3.63, 3.8) is 0 Å². The van der Waals surface area contributed by atoms with Crippen LogP contribution in [-0.4, -0.2) is 56.8 Å². The van der Waals surface area contributed by atoms with Crippen molar-refractivity contribution in [2.45, 2.75) is 0 Å². The Labute approximate surface area is 122 Å². The van der Waals surface area contributed by atoms with E-state index in [1.54, 1.807) is 12.1 Å². The summed E-state index contributed by atoms with van der Waals surface area (Å²) in [7, 11) is 5.90. The van der Waals surface area contributed by atoms with Gasteiger partial charge in [0.15, 0.2) is 17.3 Å². The number of carbonyl (C=O) groups is 1. The number of amides is 1. The fraction of sp³-hybridized carbons (Fsp3) is 0.385. The topological polar surface area (TPSA) is 107 Å². The van der Waals surface area contributed by atoms with Gasteiger partial charge in [0, 0.05) is 7.05 Å². The van der Waals surface area contributed by atoms with Crippen LogP contribution >= 0.6 is 0 Å². The second-order valence-corrected chi connectivity index (χ2v) is 4.13. The predicted octanol–water partition coefficient (Wildman–Crippen LogP) is 0.531. The highest BCUT2D eigenvalue weighted by atomic mass is 16.5. The second-order valence-electron chi connectivity index (χ2n) is 4.13. The van der Waals surface area contributed by atoms with Crippen LogP contribution in [0, 0.1) is 0 Å². The Morgan fingerprint density at radius 3 is 2.33 bits per heavy atom. The molecule has 1 amide bonds. The zero-order chi connectivity index (χ0) is 16.0. The van der Waals surface area contributed by atoms with Crippen LogP contribution in [0.1, 0.15) is 10.4 Å². The van der Waals surface area contributed by atoms with E-state index in [0.29, 0.717) is 11.5 Å². The summed E-state index contributed by atoms with van der Waals surface area (Å²) in [5.74, 6) is 0.589. The van der Waals surface area contributed by atoms with Gasteiger partial charge in [-0.25, -0.2) is 0 Å². The molecule has 116 valence electrons. The lowest BCUT2D eigenvalue weighted by atomic mass is 10.1. The van der Waals surface area contributed by atoms with E-state index in [4.69, 9.17) is 25.2 Å². The number of amidine groups is 1. The fourth-order valence-electron chi connectivity index (χ4n) is 1.82. The molecule has 0 radical (unpaired) electrons. The molecule has 0 aliphatic rings. The maximum atomic E-state index is 12.4. The van der Waals surface area contributed by atoms with Crippen molar-refractivity contribution < 1.29 is 24.2 Å². The number of benzene rings is 1. The number of likely N-dealkylation sites (N-methyl/N-ethyl adjacent to an activating group) is 1. The van der Waals surface area contributed by atoms with Crippen LogP contribution in [-0.2, 0) is 0 Å². The molecule has 8 nitrogen and oxygen atoms in total. The van der Waals surface area contributed by atoms with Gasteiger partial charge in [-0.1, -0.05) is 5.16 Å². The number of methoxy groups -OCH3 is 3. The van der Waals surface area contributed by atoms with Gasteiger partial charge >= 0.3 is 0 Å². The van der Waals surface area contributed by atoms with Gasteiger partial charge in [-0.2, -0.15) is 0 Å². The molecule has 0 saturated heterocycles. The van der Waals surface area contributed by atoms with Gasteiger partial charge in [0.25, 0.3) is 5.91 Å². The zero-order valence-electron chi connectivity index (χ0n) is 12.4. The highest BCUT2D eigenvalue weighted by molar-refractivity contribution is 6.00. The Hall–Kier alpha value is -2.64. The van der Waals surface area contributed by atoms with Crippen molar-refractivity contribution in [2.24, 2.45) is 10.9 Å². The number of hydrogen-bond acceptors (Lipinski definition) is 6. The monoisotopic (exact) mass is 297 g/mol. The Bertz CT molecular complexity index is 545. The first-order valence-electron chi connectivity index (χ1n) is 6.00. The van der Waals surface area contributed by atoms with Gasteiger partial charge in [-0.05, 0) is 12.1 Å². The van der Waals surface area contributed by atoms with E-state index in [0.717, 1.165) is 0 Å². The van der Waals surface area contributed by atoms with E-state index in [9.17, 15) is 4.79 Å². The predicted molar refractivity (Wildman–Crippen MR) is 76.5 cm³/mol. The molecule has 0 atom stereocenters. The first-order valence-corrected chi connectivity index (χ1v) is 6.00. The number of rotatable bonds is 6. The molecule has 1 aromatic carbocycles. The van der Waals surface area contributed by atoms with Crippen molar-refractivity contribution in [3.8, 4) is 17.2 Å². The molecule has 0 saturated carbocycles. The third-order valence-corrected chi connectivity index (χ3v) is 2.81. The molecular formula is C13H19N3O5. The van der Waals surface area contributed by atoms with Crippen molar-refractivity contribution in [2.75, 3.05) is 34.9 Å². The molecule has 0 fully saturated rings. The minimum absolute atomic E-state index is 0.0210. The molecular weight excluding hydrogens is 278 g/mol. The summed E-state index contributed by atoms with van der Waals surface area (Å²) in [6.45, 7) is -0.0210. The van der Waals surface area contributed by atoms with Crippen LogP contribution in [0.15, 0.2) is 17.3 Å². The molecule has 21 heavy (non-hydrogen) atoms. The number of nitrogens with two attached hydrogens (primary N) is 1. The molecule has 8 heteroatoms. The molecule has 0 aliphatic heterocycles. The van der Waals surface area contributed by atoms with E-state index in [-0.39, 0.29) is 29.6 Å². The third kappa shape index (κ3) is 3.47. The standard InChI is InChI=1S/C13H19N3O5/c1-16(7-10(14)15-18)13(17)8-5-6-9(19-2)12(21-4)11(8)20-3/h5-6,18H,7H2,1-4H3,(H2,14,15). The van der Waals surface area contributed by atoms with Crippen LogP contribution in [0.25, 0.3) is 0 Å². The van der Waals surface area contributed by atoms with Gasteiger partial charge in [0.05, 0.1) is 33.4 Å². The maximum absolute atomic E-state index is 12.4. The summed E-state index contributed by atoms with van der Waals surface area (Å²) in [6.07, 6.45) is 0. The smallest absolute Gasteiger partial charge is 0.257 e. The van der Waals surface area contributed by atoms with Crippen LogP contribution in [0.4, 0.5) is 0 Å². The normalized spacial score (nSPS) is 11.0. The lowest BCUT2D eigenvalue weighted by Gasteiger charge is -2.20. The lowest BCUT2D eigenvalue weighted by Crippen LogP contribution is -2.35. The van der Waals surface area contributed by atoms with Gasteiger partial charge < -0.3 is 30.1 Å². The van der Waals surface area contributed by atoms with Gasteiger partial charge in [-0.15, -0.1) is 0 Å². The SMILES string of the molecule is COc1ccc(C(=O)N(C)CC(N)=NO)c(OC)c1OC. The molecule has 0 aromatic heterocycles. The van der Waals surface area contributed by atoms with Gasteiger partial charge in [0.1, 0.15) is 0 Å². The summed E-state index contributed by atoms with van der Waals surface area (Å²) < 4.78 is 15.6. The quantitative estimate of drug-likeness (QED) is 0.343. The molecule has 0 heterocycles. The Balaban J connectivity index is 3.21. The molecule has 0 aliphatic carbocycles. The van der Waals surface area contributed by atoms with E-state index < -0.39 is 0 Å². The van der Waals surface area contributed by atoms with Crippen molar-refractivity contribution in [1.29, 1.82) is 0 Å².